The lowest BCUT2D eigenvalue weighted by Crippen LogP contribution is -2.50. The zero-order valence-corrected chi connectivity index (χ0v) is 19.4. The first kappa shape index (κ1) is 21.6. The molecule has 4 aliphatic rings. The molecule has 0 radical (unpaired) electrons. The second-order valence-electron chi connectivity index (χ2n) is 10.6. The third-order valence-corrected chi connectivity index (χ3v) is 8.63. The number of amides is 1. The molecule has 0 aromatic heterocycles. The SMILES string of the molecule is CC=C(C)C1C(C(O)=C2C(=O)C(C(C)C)N(C)C2=O)C2C(C)CCCC2C2OC21C. The second-order valence-corrected chi connectivity index (χ2v) is 10.6. The van der Waals surface area contributed by atoms with Gasteiger partial charge in [-0.2, -0.15) is 0 Å². The van der Waals surface area contributed by atoms with Gasteiger partial charge in [0, 0.05) is 18.9 Å². The van der Waals surface area contributed by atoms with Crippen molar-refractivity contribution in [3.05, 3.63) is 23.0 Å². The number of carbonyl (C=O) groups is 2. The van der Waals surface area contributed by atoms with Crippen molar-refractivity contribution in [2.24, 2.45) is 35.5 Å². The van der Waals surface area contributed by atoms with Crippen LogP contribution < -0.4 is 0 Å². The summed E-state index contributed by atoms with van der Waals surface area (Å²) < 4.78 is 6.34. The normalized spacial score (nSPS) is 45.5. The number of ketones is 1. The smallest absolute Gasteiger partial charge is 0.261 e. The van der Waals surface area contributed by atoms with E-state index in [4.69, 9.17) is 4.74 Å². The van der Waals surface area contributed by atoms with Crippen LogP contribution in [0.25, 0.3) is 0 Å². The van der Waals surface area contributed by atoms with Gasteiger partial charge >= 0.3 is 0 Å². The van der Waals surface area contributed by atoms with E-state index in [0.29, 0.717) is 11.8 Å². The van der Waals surface area contributed by atoms with Crippen LogP contribution in [0.3, 0.4) is 0 Å². The van der Waals surface area contributed by atoms with Gasteiger partial charge in [-0.1, -0.05) is 45.3 Å². The Labute approximate surface area is 180 Å². The minimum Gasteiger partial charge on any atom is -0.511 e. The predicted octanol–water partition coefficient (Wildman–Crippen LogP) is 4.29. The van der Waals surface area contributed by atoms with Crippen LogP contribution in [0.5, 0.6) is 0 Å². The zero-order valence-electron chi connectivity index (χ0n) is 19.4. The Morgan fingerprint density at radius 2 is 1.97 bits per heavy atom. The van der Waals surface area contributed by atoms with E-state index >= 15 is 0 Å². The molecule has 8 atom stereocenters. The van der Waals surface area contributed by atoms with Gasteiger partial charge in [-0.3, -0.25) is 9.59 Å². The third kappa shape index (κ3) is 2.84. The van der Waals surface area contributed by atoms with Gasteiger partial charge < -0.3 is 14.7 Å². The number of ether oxygens (including phenoxy) is 1. The standard InChI is InChI=1S/C25H37NO4/c1-8-13(4)19-17(16-14(5)10-9-11-15(16)23-25(19,6)30-23)21(27)18-22(28)20(12(2)3)26(7)24(18)29/h8,12,14-17,19-20,23,27H,9-11H2,1-7H3. The van der Waals surface area contributed by atoms with E-state index < -0.39 is 6.04 Å². The molecule has 8 unspecified atom stereocenters. The van der Waals surface area contributed by atoms with Crippen LogP contribution in [0.4, 0.5) is 0 Å². The van der Waals surface area contributed by atoms with Gasteiger partial charge in [-0.25, -0.2) is 0 Å². The van der Waals surface area contributed by atoms with Crippen molar-refractivity contribution in [2.75, 3.05) is 7.05 Å². The molecule has 1 N–H and O–H groups in total. The molecule has 2 saturated heterocycles. The van der Waals surface area contributed by atoms with Crippen molar-refractivity contribution in [1.82, 2.24) is 4.90 Å². The molecule has 30 heavy (non-hydrogen) atoms. The fraction of sp³-hybridized carbons (Fsp3) is 0.760. The van der Waals surface area contributed by atoms with Gasteiger partial charge in [-0.15, -0.1) is 0 Å². The Morgan fingerprint density at radius 1 is 1.30 bits per heavy atom. The number of fused-ring (bicyclic) bond motifs is 3. The molecule has 0 spiro atoms. The maximum Gasteiger partial charge on any atom is 0.261 e. The summed E-state index contributed by atoms with van der Waals surface area (Å²) in [5, 5.41) is 11.7. The van der Waals surface area contributed by atoms with Crippen LogP contribution >= 0.6 is 0 Å². The minimum absolute atomic E-state index is 0.00573. The third-order valence-electron chi connectivity index (χ3n) is 8.63. The number of Topliss-reactive ketones (excluding diaryl/α,β-unsaturated/α-hetero) is 1. The van der Waals surface area contributed by atoms with Crippen LogP contribution in [0, 0.1) is 35.5 Å². The van der Waals surface area contributed by atoms with Crippen LogP contribution in [-0.4, -0.2) is 46.5 Å². The number of aliphatic hydroxyl groups excluding tert-OH is 1. The Hall–Kier alpha value is -1.62. The number of carbonyl (C=O) groups excluding carboxylic acids is 2. The summed E-state index contributed by atoms with van der Waals surface area (Å²) in [5.74, 6) is 0.193. The van der Waals surface area contributed by atoms with Gasteiger partial charge in [0.15, 0.2) is 5.78 Å². The molecule has 2 saturated carbocycles. The van der Waals surface area contributed by atoms with Crippen LogP contribution in [0.1, 0.15) is 60.8 Å². The van der Waals surface area contributed by atoms with Crippen LogP contribution in [-0.2, 0) is 14.3 Å². The van der Waals surface area contributed by atoms with Crippen molar-refractivity contribution in [3.63, 3.8) is 0 Å². The number of likely N-dealkylation sites (tertiary alicyclic amines) is 1. The monoisotopic (exact) mass is 415 g/mol. The molecule has 5 heteroatoms. The first-order valence-electron chi connectivity index (χ1n) is 11.6. The summed E-state index contributed by atoms with van der Waals surface area (Å²) in [5.41, 5.74) is 0.858. The first-order chi connectivity index (χ1) is 14.1. The topological polar surface area (TPSA) is 70.1 Å². The highest BCUT2D eigenvalue weighted by molar-refractivity contribution is 6.26. The molecule has 166 valence electrons. The number of epoxide rings is 1. The summed E-state index contributed by atoms with van der Waals surface area (Å²) in [6.07, 6.45) is 5.68. The zero-order chi connectivity index (χ0) is 22.1. The summed E-state index contributed by atoms with van der Waals surface area (Å²) in [6.45, 7) is 12.4. The second kappa shape index (κ2) is 7.22. The molecule has 0 aromatic carbocycles. The number of hydrogen-bond acceptors (Lipinski definition) is 4. The molecule has 5 nitrogen and oxygen atoms in total. The number of aliphatic hydroxyl groups is 1. The van der Waals surface area contributed by atoms with Crippen molar-refractivity contribution in [1.29, 1.82) is 0 Å². The molecule has 2 aliphatic heterocycles. The van der Waals surface area contributed by atoms with E-state index in [0.717, 1.165) is 12.8 Å². The van der Waals surface area contributed by atoms with Crippen molar-refractivity contribution in [3.8, 4) is 0 Å². The molecule has 2 heterocycles. The van der Waals surface area contributed by atoms with Crippen molar-refractivity contribution < 1.29 is 19.4 Å². The number of hydrogen-bond donors (Lipinski definition) is 1. The summed E-state index contributed by atoms with van der Waals surface area (Å²) in [7, 11) is 1.67. The van der Waals surface area contributed by atoms with E-state index in [1.54, 1.807) is 7.05 Å². The highest BCUT2D eigenvalue weighted by atomic mass is 16.6. The quantitative estimate of drug-likeness (QED) is 0.245. The summed E-state index contributed by atoms with van der Waals surface area (Å²) in [6, 6.07) is -0.500. The fourth-order valence-electron chi connectivity index (χ4n) is 7.18. The minimum atomic E-state index is -0.500. The molecular weight excluding hydrogens is 378 g/mol. The average molecular weight is 416 g/mol. The number of allylic oxidation sites excluding steroid dienone is 2. The largest absolute Gasteiger partial charge is 0.511 e. The molecule has 4 rings (SSSR count). The highest BCUT2D eigenvalue weighted by Crippen LogP contribution is 2.65. The lowest BCUT2D eigenvalue weighted by atomic mass is 9.53. The van der Waals surface area contributed by atoms with Crippen molar-refractivity contribution in [2.45, 2.75) is 78.6 Å². The highest BCUT2D eigenvalue weighted by Gasteiger charge is 2.70. The fourth-order valence-corrected chi connectivity index (χ4v) is 7.18. The maximum atomic E-state index is 13.3. The van der Waals surface area contributed by atoms with Gasteiger partial charge in [0.1, 0.15) is 11.3 Å². The van der Waals surface area contributed by atoms with Gasteiger partial charge in [0.2, 0.25) is 0 Å². The first-order valence-corrected chi connectivity index (χ1v) is 11.6. The lowest BCUT2D eigenvalue weighted by Gasteiger charge is -2.49. The molecule has 0 bridgehead atoms. The van der Waals surface area contributed by atoms with Gasteiger partial charge in [0.05, 0.1) is 17.7 Å². The molecule has 1 amide bonds. The van der Waals surface area contributed by atoms with Crippen LogP contribution in [0.15, 0.2) is 23.0 Å². The van der Waals surface area contributed by atoms with Crippen LogP contribution in [0.2, 0.25) is 0 Å². The van der Waals surface area contributed by atoms with E-state index in [9.17, 15) is 14.7 Å². The van der Waals surface area contributed by atoms with E-state index in [1.165, 1.54) is 16.9 Å². The van der Waals surface area contributed by atoms with E-state index in [2.05, 4.69) is 26.8 Å². The van der Waals surface area contributed by atoms with Gasteiger partial charge in [-0.05, 0) is 50.9 Å². The molecule has 0 aromatic rings. The Kier molecular flexibility index (Phi) is 5.20. The number of likely N-dealkylation sites (N-methyl/N-ethyl adjacent to an activating group) is 1. The Bertz CT molecular complexity index is 827. The van der Waals surface area contributed by atoms with Crippen molar-refractivity contribution >= 4 is 11.7 Å². The number of nitrogens with zero attached hydrogens (tertiary/aromatic N) is 1. The maximum absolute atomic E-state index is 13.3. The van der Waals surface area contributed by atoms with Gasteiger partial charge in [0.25, 0.3) is 5.91 Å². The Morgan fingerprint density at radius 3 is 2.53 bits per heavy atom. The molecule has 4 fully saturated rings. The molecule has 2 aliphatic carbocycles. The van der Waals surface area contributed by atoms with E-state index in [-0.39, 0.29) is 58.4 Å². The number of rotatable bonds is 3. The average Bonchev–Trinajstić information content (AvgIpc) is 3.32. The van der Waals surface area contributed by atoms with E-state index in [1.807, 2.05) is 20.8 Å². The molecular formula is C25H37NO4. The predicted molar refractivity (Wildman–Crippen MR) is 116 cm³/mol. The summed E-state index contributed by atoms with van der Waals surface area (Å²) >= 11 is 0. The Balaban J connectivity index is 1.87. The summed E-state index contributed by atoms with van der Waals surface area (Å²) in [4.78, 5) is 27.9. The lowest BCUT2D eigenvalue weighted by molar-refractivity contribution is -0.126.